The van der Waals surface area contributed by atoms with Gasteiger partial charge in [-0.2, -0.15) is 0 Å². The number of carbonyl (C=O) groups is 2. The fraction of sp³-hybridized carbons (Fsp3) is 0.467. The standard InChI is InChI=1S/C15H20N2O4/c1-4-14(18)16-10-7-15(19)17(9-10)11-5-6-12(20-2)13(8-11)21-3/h5-6,8,10H,4,7,9H2,1-3H3,(H,16,18)/t10-/m0/s1. The lowest BCUT2D eigenvalue weighted by atomic mass is 10.2. The maximum absolute atomic E-state index is 12.1. The van der Waals surface area contributed by atoms with Crippen molar-refractivity contribution in [2.75, 3.05) is 25.7 Å². The van der Waals surface area contributed by atoms with Gasteiger partial charge >= 0.3 is 0 Å². The van der Waals surface area contributed by atoms with Crippen LogP contribution in [-0.4, -0.2) is 38.6 Å². The summed E-state index contributed by atoms with van der Waals surface area (Å²) in [7, 11) is 3.12. The molecule has 21 heavy (non-hydrogen) atoms. The van der Waals surface area contributed by atoms with Crippen LogP contribution in [0.1, 0.15) is 19.8 Å². The van der Waals surface area contributed by atoms with E-state index in [1.165, 1.54) is 0 Å². The lowest BCUT2D eigenvalue weighted by molar-refractivity contribution is -0.121. The molecule has 1 N–H and O–H groups in total. The monoisotopic (exact) mass is 292 g/mol. The summed E-state index contributed by atoms with van der Waals surface area (Å²) in [5.41, 5.74) is 0.742. The summed E-state index contributed by atoms with van der Waals surface area (Å²) in [6, 6.07) is 5.20. The Kier molecular flexibility index (Phi) is 4.67. The number of rotatable bonds is 5. The third-order valence-electron chi connectivity index (χ3n) is 3.49. The molecule has 0 saturated carbocycles. The number of hydrogen-bond acceptors (Lipinski definition) is 4. The van der Waals surface area contributed by atoms with Crippen molar-refractivity contribution < 1.29 is 19.1 Å². The molecule has 1 aromatic rings. The maximum Gasteiger partial charge on any atom is 0.229 e. The van der Waals surface area contributed by atoms with E-state index >= 15 is 0 Å². The molecule has 0 radical (unpaired) electrons. The summed E-state index contributed by atoms with van der Waals surface area (Å²) in [5.74, 6) is 1.14. The summed E-state index contributed by atoms with van der Waals surface area (Å²) < 4.78 is 10.4. The molecule has 1 heterocycles. The van der Waals surface area contributed by atoms with Gasteiger partial charge in [0.1, 0.15) is 0 Å². The van der Waals surface area contributed by atoms with Crippen LogP contribution < -0.4 is 19.7 Å². The van der Waals surface area contributed by atoms with Crippen LogP contribution in [0.2, 0.25) is 0 Å². The van der Waals surface area contributed by atoms with Gasteiger partial charge in [-0.3, -0.25) is 9.59 Å². The van der Waals surface area contributed by atoms with Gasteiger partial charge in [0.05, 0.1) is 20.3 Å². The Morgan fingerprint density at radius 3 is 2.67 bits per heavy atom. The fourth-order valence-electron chi connectivity index (χ4n) is 2.38. The number of methoxy groups -OCH3 is 2. The highest BCUT2D eigenvalue weighted by atomic mass is 16.5. The largest absolute Gasteiger partial charge is 0.493 e. The number of carbonyl (C=O) groups excluding carboxylic acids is 2. The van der Waals surface area contributed by atoms with Crippen LogP contribution in [0.4, 0.5) is 5.69 Å². The summed E-state index contributed by atoms with van der Waals surface area (Å²) >= 11 is 0. The van der Waals surface area contributed by atoms with E-state index in [1.807, 2.05) is 6.07 Å². The van der Waals surface area contributed by atoms with Gasteiger partial charge in [-0.05, 0) is 12.1 Å². The number of ether oxygens (including phenoxy) is 2. The molecule has 1 saturated heterocycles. The van der Waals surface area contributed by atoms with Crippen LogP contribution in [0.25, 0.3) is 0 Å². The van der Waals surface area contributed by atoms with Gasteiger partial charge < -0.3 is 19.7 Å². The van der Waals surface area contributed by atoms with Crippen LogP contribution in [0.15, 0.2) is 18.2 Å². The SMILES string of the molecule is CCC(=O)N[C@H]1CC(=O)N(c2ccc(OC)c(OC)c2)C1. The van der Waals surface area contributed by atoms with Crippen LogP contribution >= 0.6 is 0 Å². The van der Waals surface area contributed by atoms with E-state index in [0.29, 0.717) is 30.9 Å². The lowest BCUT2D eigenvalue weighted by Crippen LogP contribution is -2.36. The van der Waals surface area contributed by atoms with Gasteiger partial charge in [0.2, 0.25) is 11.8 Å². The first-order valence-corrected chi connectivity index (χ1v) is 6.90. The predicted molar refractivity (Wildman–Crippen MR) is 78.7 cm³/mol. The second-order valence-corrected chi connectivity index (χ2v) is 4.87. The van der Waals surface area contributed by atoms with Crippen molar-refractivity contribution >= 4 is 17.5 Å². The molecule has 114 valence electrons. The van der Waals surface area contributed by atoms with Gasteiger partial charge in [0, 0.05) is 31.1 Å². The Morgan fingerprint density at radius 1 is 1.33 bits per heavy atom. The Bertz CT molecular complexity index is 544. The molecule has 0 bridgehead atoms. The molecule has 1 aliphatic rings. The first-order valence-electron chi connectivity index (χ1n) is 6.90. The molecule has 1 fully saturated rings. The van der Waals surface area contributed by atoms with Gasteiger partial charge in [-0.15, -0.1) is 0 Å². The number of amides is 2. The fourth-order valence-corrected chi connectivity index (χ4v) is 2.38. The van der Waals surface area contributed by atoms with Crippen molar-refractivity contribution in [2.45, 2.75) is 25.8 Å². The molecule has 1 atom stereocenters. The van der Waals surface area contributed by atoms with Crippen LogP contribution in [-0.2, 0) is 9.59 Å². The minimum Gasteiger partial charge on any atom is -0.493 e. The van der Waals surface area contributed by atoms with E-state index in [4.69, 9.17) is 9.47 Å². The predicted octanol–water partition coefficient (Wildman–Crippen LogP) is 1.34. The zero-order chi connectivity index (χ0) is 15.4. The van der Waals surface area contributed by atoms with Gasteiger partial charge in [0.15, 0.2) is 11.5 Å². The zero-order valence-electron chi connectivity index (χ0n) is 12.5. The van der Waals surface area contributed by atoms with Gasteiger partial charge in [-0.25, -0.2) is 0 Å². The van der Waals surface area contributed by atoms with Crippen molar-refractivity contribution in [3.63, 3.8) is 0 Å². The maximum atomic E-state index is 12.1. The molecule has 1 aromatic carbocycles. The smallest absolute Gasteiger partial charge is 0.229 e. The van der Waals surface area contributed by atoms with Crippen LogP contribution in [0.3, 0.4) is 0 Å². The second-order valence-electron chi connectivity index (χ2n) is 4.87. The van der Waals surface area contributed by atoms with Gasteiger partial charge in [-0.1, -0.05) is 6.92 Å². The summed E-state index contributed by atoms with van der Waals surface area (Å²) in [6.45, 7) is 2.26. The Hall–Kier alpha value is -2.24. The minimum absolute atomic E-state index is 0.0105. The van der Waals surface area contributed by atoms with E-state index in [1.54, 1.807) is 38.2 Å². The number of anilines is 1. The molecular weight excluding hydrogens is 272 g/mol. The first kappa shape index (κ1) is 15.2. The molecule has 2 amide bonds. The topological polar surface area (TPSA) is 67.9 Å². The minimum atomic E-state index is -0.141. The quantitative estimate of drug-likeness (QED) is 0.889. The van der Waals surface area contributed by atoms with Crippen molar-refractivity contribution in [1.82, 2.24) is 5.32 Å². The highest BCUT2D eigenvalue weighted by molar-refractivity contribution is 5.97. The molecule has 6 nitrogen and oxygen atoms in total. The normalized spacial score (nSPS) is 17.8. The van der Waals surface area contributed by atoms with Gasteiger partial charge in [0.25, 0.3) is 0 Å². The number of nitrogens with one attached hydrogen (secondary N) is 1. The highest BCUT2D eigenvalue weighted by Crippen LogP contribution is 2.33. The Balaban J connectivity index is 2.15. The Morgan fingerprint density at radius 2 is 2.05 bits per heavy atom. The van der Waals surface area contributed by atoms with Crippen LogP contribution in [0, 0.1) is 0 Å². The molecule has 0 aromatic heterocycles. The summed E-state index contributed by atoms with van der Waals surface area (Å²) in [6.07, 6.45) is 0.737. The van der Waals surface area contributed by atoms with E-state index < -0.39 is 0 Å². The Labute approximate surface area is 124 Å². The number of hydrogen-bond donors (Lipinski definition) is 1. The molecule has 0 unspecified atom stereocenters. The third kappa shape index (κ3) is 3.26. The molecule has 0 aliphatic carbocycles. The molecule has 1 aliphatic heterocycles. The zero-order valence-corrected chi connectivity index (χ0v) is 12.5. The van der Waals surface area contributed by atoms with E-state index in [-0.39, 0.29) is 17.9 Å². The third-order valence-corrected chi connectivity index (χ3v) is 3.49. The number of nitrogens with zero attached hydrogens (tertiary/aromatic N) is 1. The van der Waals surface area contributed by atoms with E-state index in [9.17, 15) is 9.59 Å². The summed E-state index contributed by atoms with van der Waals surface area (Å²) in [5, 5.41) is 2.85. The molecule has 6 heteroatoms. The average Bonchev–Trinajstić information content (AvgIpc) is 2.86. The van der Waals surface area contributed by atoms with E-state index in [0.717, 1.165) is 5.69 Å². The van der Waals surface area contributed by atoms with Crippen molar-refractivity contribution in [3.8, 4) is 11.5 Å². The second kappa shape index (κ2) is 6.47. The first-order chi connectivity index (χ1) is 10.1. The summed E-state index contributed by atoms with van der Waals surface area (Å²) in [4.78, 5) is 25.2. The highest BCUT2D eigenvalue weighted by Gasteiger charge is 2.31. The van der Waals surface area contributed by atoms with Crippen molar-refractivity contribution in [2.24, 2.45) is 0 Å². The van der Waals surface area contributed by atoms with Crippen LogP contribution in [0.5, 0.6) is 11.5 Å². The van der Waals surface area contributed by atoms with Crippen molar-refractivity contribution in [3.05, 3.63) is 18.2 Å². The molecule has 2 rings (SSSR count). The number of benzene rings is 1. The van der Waals surface area contributed by atoms with E-state index in [2.05, 4.69) is 5.32 Å². The molecular formula is C15H20N2O4. The lowest BCUT2D eigenvalue weighted by Gasteiger charge is -2.19. The van der Waals surface area contributed by atoms with Crippen molar-refractivity contribution in [1.29, 1.82) is 0 Å². The average molecular weight is 292 g/mol. The molecule has 0 spiro atoms.